The molecule has 9 heteroatoms. The molecule has 1 N–H and O–H groups in total. The van der Waals surface area contributed by atoms with Crippen molar-refractivity contribution in [2.45, 2.75) is 5.75 Å². The fraction of sp³-hybridized carbons (Fsp3) is 0.278. The van der Waals surface area contributed by atoms with Crippen LogP contribution < -0.4 is 9.62 Å². The molecule has 0 saturated heterocycles. The summed E-state index contributed by atoms with van der Waals surface area (Å²) < 4.78 is 38.3. The van der Waals surface area contributed by atoms with Gasteiger partial charge in [-0.05, 0) is 24.3 Å². The van der Waals surface area contributed by atoms with E-state index in [2.05, 4.69) is 5.32 Å². The Morgan fingerprint density at radius 1 is 1.22 bits per heavy atom. The Kier molecular flexibility index (Phi) is 7.52. The number of sulfonamides is 1. The van der Waals surface area contributed by atoms with Crippen LogP contribution in [-0.4, -0.2) is 39.9 Å². The van der Waals surface area contributed by atoms with Crippen LogP contribution in [0.5, 0.6) is 0 Å². The van der Waals surface area contributed by atoms with E-state index in [-0.39, 0.29) is 17.3 Å². The minimum absolute atomic E-state index is 0.271. The summed E-state index contributed by atoms with van der Waals surface area (Å²) in [7, 11) is -2.08. The number of halogens is 2. The minimum Gasteiger partial charge on any atom is -0.351 e. The molecule has 0 heterocycles. The van der Waals surface area contributed by atoms with E-state index in [9.17, 15) is 17.6 Å². The molecule has 0 bridgehead atoms. The van der Waals surface area contributed by atoms with Crippen LogP contribution in [-0.2, 0) is 15.8 Å². The lowest BCUT2D eigenvalue weighted by molar-refractivity contribution is 0.0957. The zero-order chi connectivity index (χ0) is 20.0. The third-order valence-electron chi connectivity index (χ3n) is 3.83. The zero-order valence-electron chi connectivity index (χ0n) is 14.9. The normalized spacial score (nSPS) is 11.3. The van der Waals surface area contributed by atoms with Crippen molar-refractivity contribution < 1.29 is 17.6 Å². The second-order valence-electron chi connectivity index (χ2n) is 5.76. The van der Waals surface area contributed by atoms with Gasteiger partial charge in [0.05, 0.1) is 17.5 Å². The fourth-order valence-electron chi connectivity index (χ4n) is 2.30. The number of nitrogens with zero attached hydrogens (tertiary/aromatic N) is 1. The van der Waals surface area contributed by atoms with Crippen LogP contribution in [0.1, 0.15) is 15.9 Å². The molecule has 1 amide bonds. The predicted molar refractivity (Wildman–Crippen MR) is 110 cm³/mol. The van der Waals surface area contributed by atoms with Gasteiger partial charge in [0, 0.05) is 35.7 Å². The van der Waals surface area contributed by atoms with Gasteiger partial charge in [0.2, 0.25) is 10.0 Å². The van der Waals surface area contributed by atoms with Gasteiger partial charge in [-0.2, -0.15) is 11.8 Å². The van der Waals surface area contributed by atoms with Gasteiger partial charge in [-0.25, -0.2) is 12.8 Å². The SMILES string of the molecule is CN(c1ccccc1C(=O)NCCSCc1c(F)cccc1Cl)S(C)(=O)=O. The standard InChI is InChI=1S/C18H20ClFN2O3S2/c1-22(27(2,24)25)17-9-4-3-6-13(17)18(23)21-10-11-26-12-14-15(19)7-5-8-16(14)20/h3-9H,10-12H2,1-2H3,(H,21,23). The van der Waals surface area contributed by atoms with E-state index < -0.39 is 10.0 Å². The molecule has 2 aromatic carbocycles. The lowest BCUT2D eigenvalue weighted by Crippen LogP contribution is -2.30. The van der Waals surface area contributed by atoms with Gasteiger partial charge in [-0.3, -0.25) is 9.10 Å². The van der Waals surface area contributed by atoms with Crippen molar-refractivity contribution in [3.63, 3.8) is 0 Å². The van der Waals surface area contributed by atoms with Crippen molar-refractivity contribution in [2.24, 2.45) is 0 Å². The molecule has 0 aliphatic carbocycles. The highest BCUT2D eigenvalue weighted by molar-refractivity contribution is 7.98. The number of benzene rings is 2. The zero-order valence-corrected chi connectivity index (χ0v) is 17.3. The van der Waals surface area contributed by atoms with Crippen molar-refractivity contribution in [3.8, 4) is 0 Å². The van der Waals surface area contributed by atoms with E-state index in [1.807, 2.05) is 0 Å². The van der Waals surface area contributed by atoms with Crippen molar-refractivity contribution in [2.75, 3.05) is 29.9 Å². The van der Waals surface area contributed by atoms with Crippen LogP contribution in [0, 0.1) is 5.82 Å². The molecule has 2 rings (SSSR count). The van der Waals surface area contributed by atoms with E-state index in [0.717, 1.165) is 10.6 Å². The van der Waals surface area contributed by atoms with Crippen LogP contribution in [0.2, 0.25) is 5.02 Å². The van der Waals surface area contributed by atoms with Crippen LogP contribution >= 0.6 is 23.4 Å². The second-order valence-corrected chi connectivity index (χ2v) is 9.28. The van der Waals surface area contributed by atoms with E-state index in [4.69, 9.17) is 11.6 Å². The van der Waals surface area contributed by atoms with Gasteiger partial charge in [-0.1, -0.05) is 29.8 Å². The molecule has 0 radical (unpaired) electrons. The average molecular weight is 431 g/mol. The molecule has 0 aliphatic rings. The molecule has 0 unspecified atom stereocenters. The van der Waals surface area contributed by atoms with Crippen molar-refractivity contribution in [1.82, 2.24) is 5.32 Å². The van der Waals surface area contributed by atoms with Crippen LogP contribution in [0.25, 0.3) is 0 Å². The number of hydrogen-bond donors (Lipinski definition) is 1. The van der Waals surface area contributed by atoms with Crippen LogP contribution in [0.15, 0.2) is 42.5 Å². The number of para-hydroxylation sites is 1. The molecule has 0 atom stereocenters. The number of hydrogen-bond acceptors (Lipinski definition) is 4. The fourth-order valence-corrected chi connectivity index (χ4v) is 4.01. The van der Waals surface area contributed by atoms with Crippen molar-refractivity contribution >= 4 is 45.0 Å². The number of rotatable bonds is 8. The monoisotopic (exact) mass is 430 g/mol. The van der Waals surface area contributed by atoms with E-state index in [1.165, 1.54) is 24.9 Å². The maximum absolute atomic E-state index is 13.7. The van der Waals surface area contributed by atoms with Crippen LogP contribution in [0.4, 0.5) is 10.1 Å². The van der Waals surface area contributed by atoms with Gasteiger partial charge in [0.25, 0.3) is 5.91 Å². The first-order valence-corrected chi connectivity index (χ1v) is 11.4. The summed E-state index contributed by atoms with van der Waals surface area (Å²) in [5.74, 6) is 0.234. The first-order valence-electron chi connectivity index (χ1n) is 8.03. The summed E-state index contributed by atoms with van der Waals surface area (Å²) in [5.41, 5.74) is 1.02. The molecule has 146 valence electrons. The Bertz CT molecular complexity index is 902. The van der Waals surface area contributed by atoms with E-state index in [1.54, 1.807) is 36.4 Å². The predicted octanol–water partition coefficient (Wildman–Crippen LogP) is 3.54. The Hall–Kier alpha value is -1.77. The summed E-state index contributed by atoms with van der Waals surface area (Å²) >= 11 is 7.42. The molecular formula is C18H20ClFN2O3S2. The molecule has 0 aromatic heterocycles. The summed E-state index contributed by atoms with van der Waals surface area (Å²) in [6.45, 7) is 0.354. The molecule has 0 saturated carbocycles. The van der Waals surface area contributed by atoms with Gasteiger partial charge in [0.1, 0.15) is 5.82 Å². The van der Waals surface area contributed by atoms with Crippen molar-refractivity contribution in [3.05, 3.63) is 64.4 Å². The van der Waals surface area contributed by atoms with E-state index >= 15 is 0 Å². The van der Waals surface area contributed by atoms with E-state index in [0.29, 0.717) is 34.3 Å². The Balaban J connectivity index is 1.92. The Labute approximate surface area is 168 Å². The molecule has 0 aliphatic heterocycles. The highest BCUT2D eigenvalue weighted by atomic mass is 35.5. The highest BCUT2D eigenvalue weighted by Gasteiger charge is 2.19. The summed E-state index contributed by atoms with van der Waals surface area (Å²) in [5, 5.41) is 3.13. The van der Waals surface area contributed by atoms with Gasteiger partial charge in [-0.15, -0.1) is 0 Å². The van der Waals surface area contributed by atoms with Gasteiger partial charge < -0.3 is 5.32 Å². The Morgan fingerprint density at radius 3 is 2.59 bits per heavy atom. The lowest BCUT2D eigenvalue weighted by atomic mass is 10.1. The summed E-state index contributed by atoms with van der Waals surface area (Å²) in [6.07, 6.45) is 1.08. The number of anilines is 1. The highest BCUT2D eigenvalue weighted by Crippen LogP contribution is 2.24. The quantitative estimate of drug-likeness (QED) is 0.650. The number of carbonyl (C=O) groups is 1. The first kappa shape index (κ1) is 21.5. The minimum atomic E-state index is -3.48. The smallest absolute Gasteiger partial charge is 0.253 e. The number of amides is 1. The molecule has 2 aromatic rings. The third kappa shape index (κ3) is 5.85. The Morgan fingerprint density at radius 2 is 1.93 bits per heavy atom. The van der Waals surface area contributed by atoms with Crippen LogP contribution in [0.3, 0.4) is 0 Å². The van der Waals surface area contributed by atoms with Gasteiger partial charge in [0.15, 0.2) is 0 Å². The lowest BCUT2D eigenvalue weighted by Gasteiger charge is -2.19. The number of nitrogens with one attached hydrogen (secondary N) is 1. The number of thioether (sulfide) groups is 1. The molecule has 27 heavy (non-hydrogen) atoms. The summed E-state index contributed by atoms with van der Waals surface area (Å²) in [6, 6.07) is 11.0. The number of carbonyl (C=O) groups excluding carboxylic acids is 1. The first-order chi connectivity index (χ1) is 12.7. The molecule has 0 spiro atoms. The topological polar surface area (TPSA) is 66.5 Å². The molecule has 5 nitrogen and oxygen atoms in total. The summed E-state index contributed by atoms with van der Waals surface area (Å²) in [4.78, 5) is 12.4. The molecule has 0 fully saturated rings. The maximum Gasteiger partial charge on any atom is 0.253 e. The van der Waals surface area contributed by atoms with Gasteiger partial charge >= 0.3 is 0 Å². The largest absolute Gasteiger partial charge is 0.351 e. The maximum atomic E-state index is 13.7. The average Bonchev–Trinajstić information content (AvgIpc) is 2.62. The molecular weight excluding hydrogens is 411 g/mol. The van der Waals surface area contributed by atoms with Crippen molar-refractivity contribution in [1.29, 1.82) is 0 Å². The third-order valence-corrected chi connectivity index (χ3v) is 6.36. The second kappa shape index (κ2) is 9.43.